The molecule has 0 unspecified atom stereocenters. The third-order valence-corrected chi connectivity index (χ3v) is 4.17. The molecule has 0 bridgehead atoms. The predicted molar refractivity (Wildman–Crippen MR) is 102 cm³/mol. The lowest BCUT2D eigenvalue weighted by atomic mass is 10.1. The van der Waals surface area contributed by atoms with Crippen molar-refractivity contribution in [3.8, 4) is 11.5 Å². The third kappa shape index (κ3) is 4.81. The molecule has 0 aliphatic heterocycles. The number of amidine groups is 1. The number of hydrogen-bond acceptors (Lipinski definition) is 2. The number of nitrogens with zero attached hydrogens (tertiary/aromatic N) is 1. The molecular formula is C19H22BrFN2O. The average molecular weight is 393 g/mol. The second kappa shape index (κ2) is 8.29. The third-order valence-electron chi connectivity index (χ3n) is 3.53. The number of rotatable bonds is 5. The molecule has 0 saturated heterocycles. The van der Waals surface area contributed by atoms with Gasteiger partial charge in [0.05, 0.1) is 10.3 Å². The second-order valence-corrected chi connectivity index (χ2v) is 6.56. The van der Waals surface area contributed by atoms with Gasteiger partial charge >= 0.3 is 0 Å². The molecule has 0 aliphatic rings. The first-order valence-electron chi connectivity index (χ1n) is 7.93. The molecule has 3 nitrogen and oxygen atoms in total. The molecule has 2 aromatic rings. The summed E-state index contributed by atoms with van der Waals surface area (Å²) < 4.78 is 19.9. The zero-order chi connectivity index (χ0) is 17.7. The summed E-state index contributed by atoms with van der Waals surface area (Å²) in [5, 5.41) is 3.32. The fourth-order valence-corrected chi connectivity index (χ4v) is 2.46. The van der Waals surface area contributed by atoms with Crippen LogP contribution in [0, 0.1) is 19.7 Å². The average Bonchev–Trinajstić information content (AvgIpc) is 2.53. The van der Waals surface area contributed by atoms with Crippen molar-refractivity contribution in [2.24, 2.45) is 4.99 Å². The van der Waals surface area contributed by atoms with E-state index in [1.807, 2.05) is 32.9 Å². The van der Waals surface area contributed by atoms with Crippen LogP contribution in [0.1, 0.15) is 31.4 Å². The summed E-state index contributed by atoms with van der Waals surface area (Å²) in [5.41, 5.74) is 3.01. The first-order chi connectivity index (χ1) is 11.4. The van der Waals surface area contributed by atoms with E-state index in [9.17, 15) is 4.39 Å². The van der Waals surface area contributed by atoms with E-state index in [0.29, 0.717) is 16.0 Å². The normalized spacial score (nSPS) is 11.5. The van der Waals surface area contributed by atoms with Crippen molar-refractivity contribution in [2.45, 2.75) is 34.1 Å². The van der Waals surface area contributed by atoms with Crippen molar-refractivity contribution in [1.29, 1.82) is 0 Å². The summed E-state index contributed by atoms with van der Waals surface area (Å²) in [6, 6.07) is 8.70. The van der Waals surface area contributed by atoms with E-state index in [0.717, 1.165) is 35.6 Å². The van der Waals surface area contributed by atoms with Gasteiger partial charge in [-0.25, -0.2) is 4.39 Å². The molecule has 0 heterocycles. The minimum Gasteiger partial charge on any atom is -0.457 e. The van der Waals surface area contributed by atoms with Crippen LogP contribution < -0.4 is 10.1 Å². The maximum atomic E-state index is 13.6. The second-order valence-electron chi connectivity index (χ2n) is 5.70. The van der Waals surface area contributed by atoms with Gasteiger partial charge in [-0.1, -0.05) is 6.92 Å². The van der Waals surface area contributed by atoms with Crippen molar-refractivity contribution >= 4 is 27.5 Å². The maximum absolute atomic E-state index is 13.6. The first kappa shape index (κ1) is 18.5. The molecule has 5 heteroatoms. The molecule has 0 saturated carbocycles. The van der Waals surface area contributed by atoms with E-state index in [1.165, 1.54) is 6.07 Å². The number of ether oxygens (including phenoxy) is 1. The SMILES string of the molecule is CCCN=C(C)Nc1cc(C)c(Oc2ccc(Br)c(F)c2)cc1C. The van der Waals surface area contributed by atoms with Gasteiger partial charge in [0.25, 0.3) is 0 Å². The van der Waals surface area contributed by atoms with E-state index < -0.39 is 0 Å². The van der Waals surface area contributed by atoms with Gasteiger partial charge in [0.15, 0.2) is 0 Å². The number of anilines is 1. The highest BCUT2D eigenvalue weighted by Gasteiger charge is 2.09. The lowest BCUT2D eigenvalue weighted by Crippen LogP contribution is -2.09. The van der Waals surface area contributed by atoms with Gasteiger partial charge in [0.2, 0.25) is 0 Å². The Hall–Kier alpha value is -1.88. The van der Waals surface area contributed by atoms with Crippen LogP contribution in [0.4, 0.5) is 10.1 Å². The summed E-state index contributed by atoms with van der Waals surface area (Å²) in [4.78, 5) is 4.44. The molecular weight excluding hydrogens is 371 g/mol. The van der Waals surface area contributed by atoms with Crippen LogP contribution in [0.5, 0.6) is 11.5 Å². The molecule has 1 N–H and O–H groups in total. The molecule has 0 amide bonds. The van der Waals surface area contributed by atoms with E-state index in [1.54, 1.807) is 12.1 Å². The van der Waals surface area contributed by atoms with Gasteiger partial charge < -0.3 is 10.1 Å². The highest BCUT2D eigenvalue weighted by molar-refractivity contribution is 9.10. The number of nitrogens with one attached hydrogen (secondary N) is 1. The maximum Gasteiger partial charge on any atom is 0.141 e. The van der Waals surface area contributed by atoms with Gasteiger partial charge in [0.1, 0.15) is 17.3 Å². The molecule has 2 aromatic carbocycles. The lowest BCUT2D eigenvalue weighted by molar-refractivity contribution is 0.472. The van der Waals surface area contributed by atoms with Crippen molar-refractivity contribution in [2.75, 3.05) is 11.9 Å². The highest BCUT2D eigenvalue weighted by Crippen LogP contribution is 2.31. The smallest absolute Gasteiger partial charge is 0.141 e. The Morgan fingerprint density at radius 2 is 1.96 bits per heavy atom. The van der Waals surface area contributed by atoms with E-state index >= 15 is 0 Å². The molecule has 0 atom stereocenters. The fraction of sp³-hybridized carbons (Fsp3) is 0.316. The first-order valence-corrected chi connectivity index (χ1v) is 8.72. The van der Waals surface area contributed by atoms with Gasteiger partial charge in [-0.15, -0.1) is 0 Å². The van der Waals surface area contributed by atoms with Crippen LogP contribution in [0.25, 0.3) is 0 Å². The summed E-state index contributed by atoms with van der Waals surface area (Å²) in [6.45, 7) is 8.84. The Morgan fingerprint density at radius 1 is 1.21 bits per heavy atom. The van der Waals surface area contributed by atoms with Crippen molar-refractivity contribution in [3.63, 3.8) is 0 Å². The Balaban J connectivity index is 2.21. The standard InChI is InChI=1S/C19H22BrFN2O/c1-5-8-22-14(4)23-18-9-13(3)19(10-12(18)2)24-15-6-7-16(20)17(21)11-15/h6-7,9-11H,5,8H2,1-4H3,(H,22,23). The lowest BCUT2D eigenvalue weighted by Gasteiger charge is -2.15. The highest BCUT2D eigenvalue weighted by atomic mass is 79.9. The Kier molecular flexibility index (Phi) is 6.37. The number of aliphatic imine (C=N–C) groups is 1. The quantitative estimate of drug-likeness (QED) is 0.482. The minimum atomic E-state index is -0.345. The van der Waals surface area contributed by atoms with Crippen molar-refractivity contribution < 1.29 is 9.13 Å². The predicted octanol–water partition coefficient (Wildman–Crippen LogP) is 6.24. The van der Waals surface area contributed by atoms with E-state index in [4.69, 9.17) is 4.74 Å². The van der Waals surface area contributed by atoms with Crippen LogP contribution >= 0.6 is 15.9 Å². The number of benzene rings is 2. The van der Waals surface area contributed by atoms with Crippen LogP contribution in [-0.4, -0.2) is 12.4 Å². The zero-order valence-electron chi connectivity index (χ0n) is 14.4. The van der Waals surface area contributed by atoms with Crippen LogP contribution in [0.3, 0.4) is 0 Å². The van der Waals surface area contributed by atoms with Crippen molar-refractivity contribution in [1.82, 2.24) is 0 Å². The summed E-state index contributed by atoms with van der Waals surface area (Å²) in [5.74, 6) is 1.73. The van der Waals surface area contributed by atoms with Gasteiger partial charge in [-0.05, 0) is 78.5 Å². The zero-order valence-corrected chi connectivity index (χ0v) is 16.0. The van der Waals surface area contributed by atoms with Crippen LogP contribution in [0.2, 0.25) is 0 Å². The van der Waals surface area contributed by atoms with Crippen molar-refractivity contribution in [3.05, 3.63) is 51.7 Å². The Morgan fingerprint density at radius 3 is 2.62 bits per heavy atom. The Labute approximate surface area is 151 Å². The van der Waals surface area contributed by atoms with Gasteiger partial charge in [-0.2, -0.15) is 0 Å². The molecule has 0 aromatic heterocycles. The molecule has 0 aliphatic carbocycles. The Bertz CT molecular complexity index is 759. The summed E-state index contributed by atoms with van der Waals surface area (Å²) >= 11 is 3.14. The van der Waals surface area contributed by atoms with Crippen LogP contribution in [0.15, 0.2) is 39.8 Å². The van der Waals surface area contributed by atoms with Crippen LogP contribution in [-0.2, 0) is 0 Å². The molecule has 0 radical (unpaired) electrons. The number of hydrogen-bond donors (Lipinski definition) is 1. The van der Waals surface area contributed by atoms with E-state index in [-0.39, 0.29) is 5.82 Å². The molecule has 0 fully saturated rings. The monoisotopic (exact) mass is 392 g/mol. The van der Waals surface area contributed by atoms with Gasteiger partial charge in [0, 0.05) is 18.3 Å². The van der Waals surface area contributed by atoms with E-state index in [2.05, 4.69) is 33.2 Å². The number of aryl methyl sites for hydroxylation is 2. The minimum absolute atomic E-state index is 0.345. The summed E-state index contributed by atoms with van der Waals surface area (Å²) in [7, 11) is 0. The topological polar surface area (TPSA) is 33.6 Å². The molecule has 2 rings (SSSR count). The largest absolute Gasteiger partial charge is 0.457 e. The van der Waals surface area contributed by atoms with Gasteiger partial charge in [-0.3, -0.25) is 4.99 Å². The number of halogens is 2. The molecule has 0 spiro atoms. The fourth-order valence-electron chi connectivity index (χ4n) is 2.22. The molecule has 128 valence electrons. The molecule has 24 heavy (non-hydrogen) atoms. The summed E-state index contributed by atoms with van der Waals surface area (Å²) in [6.07, 6.45) is 1.02.